The minimum atomic E-state index is -0.235. The van der Waals surface area contributed by atoms with Crippen molar-refractivity contribution in [2.75, 3.05) is 7.11 Å². The van der Waals surface area contributed by atoms with Crippen LogP contribution in [0.4, 0.5) is 0 Å². The number of rotatable bonds is 3. The van der Waals surface area contributed by atoms with Gasteiger partial charge in [-0.05, 0) is 23.6 Å². The van der Waals surface area contributed by atoms with E-state index in [9.17, 15) is 4.79 Å². The molecule has 0 amide bonds. The molecule has 18 heavy (non-hydrogen) atoms. The second-order valence-electron chi connectivity index (χ2n) is 4.85. The Hall–Kier alpha value is -1.84. The molecule has 1 unspecified atom stereocenters. The lowest BCUT2D eigenvalue weighted by Gasteiger charge is -2.18. The van der Waals surface area contributed by atoms with Gasteiger partial charge >= 0.3 is 5.97 Å². The number of benzene rings is 1. The Bertz CT molecular complexity index is 572. The van der Waals surface area contributed by atoms with E-state index >= 15 is 0 Å². The zero-order valence-corrected chi connectivity index (χ0v) is 11.2. The van der Waals surface area contributed by atoms with Gasteiger partial charge < -0.3 is 9.30 Å². The molecule has 4 nitrogen and oxygen atoms in total. The highest BCUT2D eigenvalue weighted by Crippen LogP contribution is 2.28. The maximum Gasteiger partial charge on any atom is 0.313 e. The molecule has 0 spiro atoms. The summed E-state index contributed by atoms with van der Waals surface area (Å²) in [4.78, 5) is 16.2. The Morgan fingerprint density at radius 2 is 2.11 bits per heavy atom. The number of hydrogen-bond donors (Lipinski definition) is 0. The van der Waals surface area contributed by atoms with Crippen LogP contribution in [0.1, 0.15) is 25.3 Å². The van der Waals surface area contributed by atoms with E-state index in [2.05, 4.69) is 4.98 Å². The summed E-state index contributed by atoms with van der Waals surface area (Å²) in [6, 6.07) is 5.94. The van der Waals surface area contributed by atoms with Gasteiger partial charge in [0.25, 0.3) is 0 Å². The van der Waals surface area contributed by atoms with Crippen LogP contribution in [0.2, 0.25) is 0 Å². The number of imidazole rings is 1. The molecule has 0 saturated heterocycles. The Kier molecular flexibility index (Phi) is 3.36. The fraction of sp³-hybridized carbons (Fsp3) is 0.429. The first-order chi connectivity index (χ1) is 8.54. The van der Waals surface area contributed by atoms with Crippen LogP contribution in [0.15, 0.2) is 24.5 Å². The predicted octanol–water partition coefficient (Wildman–Crippen LogP) is 2.49. The smallest absolute Gasteiger partial charge is 0.313 e. The maximum absolute atomic E-state index is 11.8. The average Bonchev–Trinajstić information content (AvgIpc) is 2.70. The lowest BCUT2D eigenvalue weighted by Crippen LogP contribution is -2.19. The number of carbonyl (C=O) groups excluding carboxylic acids is 1. The van der Waals surface area contributed by atoms with Crippen molar-refractivity contribution >= 4 is 17.0 Å². The summed E-state index contributed by atoms with van der Waals surface area (Å²) in [5, 5.41) is 0. The number of aromatic nitrogens is 2. The van der Waals surface area contributed by atoms with E-state index in [4.69, 9.17) is 4.74 Å². The van der Waals surface area contributed by atoms with Crippen LogP contribution in [-0.4, -0.2) is 22.6 Å². The summed E-state index contributed by atoms with van der Waals surface area (Å²) >= 11 is 0. The number of ether oxygens (including phenoxy) is 1. The van der Waals surface area contributed by atoms with Gasteiger partial charge in [-0.2, -0.15) is 0 Å². The molecule has 0 bridgehead atoms. The van der Waals surface area contributed by atoms with Crippen LogP contribution in [0.3, 0.4) is 0 Å². The molecular weight excluding hydrogens is 228 g/mol. The first-order valence-corrected chi connectivity index (χ1v) is 6.03. The van der Waals surface area contributed by atoms with E-state index < -0.39 is 0 Å². The molecule has 0 aliphatic rings. The quantitative estimate of drug-likeness (QED) is 0.781. The minimum absolute atomic E-state index is 0.193. The Balaban J connectivity index is 2.48. The highest BCUT2D eigenvalue weighted by atomic mass is 16.5. The molecule has 4 heteroatoms. The molecule has 0 saturated carbocycles. The third kappa shape index (κ3) is 2.10. The average molecular weight is 246 g/mol. The molecule has 0 radical (unpaired) electrons. The maximum atomic E-state index is 11.8. The third-order valence-corrected chi connectivity index (χ3v) is 3.23. The van der Waals surface area contributed by atoms with E-state index in [-0.39, 0.29) is 17.8 Å². The number of esters is 1. The molecule has 1 heterocycles. The topological polar surface area (TPSA) is 44.1 Å². The fourth-order valence-electron chi connectivity index (χ4n) is 2.27. The molecule has 2 aromatic rings. The zero-order chi connectivity index (χ0) is 13.3. The first kappa shape index (κ1) is 12.6. The SMILES string of the molecule is COC(=O)C(c1ccc2c(c1)ncn2C)C(C)C. The second kappa shape index (κ2) is 4.80. The highest BCUT2D eigenvalue weighted by Gasteiger charge is 2.25. The van der Waals surface area contributed by atoms with Crippen molar-refractivity contribution in [1.29, 1.82) is 0 Å². The molecule has 1 aromatic carbocycles. The Morgan fingerprint density at radius 3 is 2.72 bits per heavy atom. The summed E-state index contributed by atoms with van der Waals surface area (Å²) in [5.74, 6) is -0.236. The minimum Gasteiger partial charge on any atom is -0.469 e. The first-order valence-electron chi connectivity index (χ1n) is 6.03. The molecule has 2 rings (SSSR count). The normalized spacial score (nSPS) is 12.9. The number of hydrogen-bond acceptors (Lipinski definition) is 3. The van der Waals surface area contributed by atoms with Crippen molar-refractivity contribution in [3.05, 3.63) is 30.1 Å². The zero-order valence-electron chi connectivity index (χ0n) is 11.2. The van der Waals surface area contributed by atoms with Crippen LogP contribution in [0.5, 0.6) is 0 Å². The summed E-state index contributed by atoms with van der Waals surface area (Å²) in [5.41, 5.74) is 2.93. The van der Waals surface area contributed by atoms with Gasteiger partial charge in [0.1, 0.15) is 0 Å². The predicted molar refractivity (Wildman–Crippen MR) is 70.3 cm³/mol. The van der Waals surface area contributed by atoms with Crippen molar-refractivity contribution in [2.24, 2.45) is 13.0 Å². The molecule has 0 N–H and O–H groups in total. The number of methoxy groups -OCH3 is 1. The van der Waals surface area contributed by atoms with E-state index in [1.807, 2.05) is 43.7 Å². The lowest BCUT2D eigenvalue weighted by atomic mass is 9.88. The van der Waals surface area contributed by atoms with E-state index in [0.29, 0.717) is 0 Å². The Morgan fingerprint density at radius 1 is 1.39 bits per heavy atom. The summed E-state index contributed by atoms with van der Waals surface area (Å²) < 4.78 is 6.84. The molecule has 0 aliphatic carbocycles. The van der Waals surface area contributed by atoms with Gasteiger partial charge in [-0.3, -0.25) is 4.79 Å². The monoisotopic (exact) mass is 246 g/mol. The number of nitrogens with zero attached hydrogens (tertiary/aromatic N) is 2. The molecular formula is C14H18N2O2. The summed E-state index contributed by atoms with van der Waals surface area (Å²) in [7, 11) is 3.38. The molecule has 0 aliphatic heterocycles. The van der Waals surface area contributed by atoms with E-state index in [0.717, 1.165) is 16.6 Å². The van der Waals surface area contributed by atoms with Crippen molar-refractivity contribution in [2.45, 2.75) is 19.8 Å². The van der Waals surface area contributed by atoms with Gasteiger partial charge in [0.2, 0.25) is 0 Å². The summed E-state index contributed by atoms with van der Waals surface area (Å²) in [6.07, 6.45) is 1.77. The Labute approximate surface area is 107 Å². The highest BCUT2D eigenvalue weighted by molar-refractivity contribution is 5.82. The van der Waals surface area contributed by atoms with Crippen LogP contribution >= 0.6 is 0 Å². The molecule has 1 aromatic heterocycles. The molecule has 1 atom stereocenters. The van der Waals surface area contributed by atoms with Crippen molar-refractivity contribution in [3.63, 3.8) is 0 Å². The van der Waals surface area contributed by atoms with Crippen molar-refractivity contribution in [1.82, 2.24) is 9.55 Å². The number of aryl methyl sites for hydroxylation is 1. The van der Waals surface area contributed by atoms with Crippen LogP contribution in [0.25, 0.3) is 11.0 Å². The van der Waals surface area contributed by atoms with Gasteiger partial charge in [0.15, 0.2) is 0 Å². The number of fused-ring (bicyclic) bond motifs is 1. The second-order valence-corrected chi connectivity index (χ2v) is 4.85. The molecule has 0 fully saturated rings. The van der Waals surface area contributed by atoms with Gasteiger partial charge in [-0.25, -0.2) is 4.98 Å². The standard InChI is InChI=1S/C14H18N2O2/c1-9(2)13(14(17)18-4)10-5-6-12-11(7-10)15-8-16(12)3/h5-9,13H,1-4H3. The van der Waals surface area contributed by atoms with Gasteiger partial charge in [-0.15, -0.1) is 0 Å². The van der Waals surface area contributed by atoms with Crippen LogP contribution in [0, 0.1) is 5.92 Å². The van der Waals surface area contributed by atoms with Crippen LogP contribution < -0.4 is 0 Å². The van der Waals surface area contributed by atoms with Gasteiger partial charge in [0, 0.05) is 7.05 Å². The summed E-state index contributed by atoms with van der Waals surface area (Å²) in [6.45, 7) is 4.04. The van der Waals surface area contributed by atoms with Gasteiger partial charge in [-0.1, -0.05) is 19.9 Å². The van der Waals surface area contributed by atoms with Gasteiger partial charge in [0.05, 0.1) is 30.4 Å². The molecule has 96 valence electrons. The van der Waals surface area contributed by atoms with Crippen molar-refractivity contribution in [3.8, 4) is 0 Å². The third-order valence-electron chi connectivity index (χ3n) is 3.23. The fourth-order valence-corrected chi connectivity index (χ4v) is 2.27. The largest absolute Gasteiger partial charge is 0.469 e. The van der Waals surface area contributed by atoms with Crippen molar-refractivity contribution < 1.29 is 9.53 Å². The van der Waals surface area contributed by atoms with E-state index in [1.165, 1.54) is 7.11 Å². The van der Waals surface area contributed by atoms with E-state index in [1.54, 1.807) is 6.33 Å². The van der Waals surface area contributed by atoms with Crippen LogP contribution in [-0.2, 0) is 16.6 Å². The lowest BCUT2D eigenvalue weighted by molar-refractivity contribution is -0.143. The number of carbonyl (C=O) groups is 1.